The predicted molar refractivity (Wildman–Crippen MR) is 538 cm³/mol. The van der Waals surface area contributed by atoms with E-state index < -0.39 is 0 Å². The van der Waals surface area contributed by atoms with Gasteiger partial charge in [0.2, 0.25) is 0 Å². The average molecular weight is 1680 g/mol. The van der Waals surface area contributed by atoms with Crippen LogP contribution >= 0.6 is 0 Å². The number of aromatic nitrogens is 6. The van der Waals surface area contributed by atoms with E-state index in [0.29, 0.717) is 34.5 Å². The van der Waals surface area contributed by atoms with Gasteiger partial charge >= 0.3 is 0 Å². The molecule has 9 nitrogen and oxygen atoms in total. The van der Waals surface area contributed by atoms with Crippen LogP contribution in [0.15, 0.2) is 406 Å². The van der Waals surface area contributed by atoms with Gasteiger partial charge in [0.05, 0.1) is 53.9 Å². The van der Waals surface area contributed by atoms with Crippen LogP contribution in [0.3, 0.4) is 0 Å². The first-order valence-electron chi connectivity index (χ1n) is 44.2. The molecule has 131 heavy (non-hydrogen) atoms. The van der Waals surface area contributed by atoms with Crippen molar-refractivity contribution in [1.29, 1.82) is 0 Å². The van der Waals surface area contributed by atoms with Gasteiger partial charge in [-0.2, -0.15) is 0 Å². The van der Waals surface area contributed by atoms with Crippen LogP contribution in [-0.2, 0) is 16.2 Å². The van der Waals surface area contributed by atoms with E-state index in [1.807, 2.05) is 109 Å². The van der Waals surface area contributed by atoms with Crippen LogP contribution in [0.5, 0.6) is 0 Å². The van der Waals surface area contributed by atoms with Gasteiger partial charge < -0.3 is 0 Å². The second-order valence-electron chi connectivity index (χ2n) is 35.3. The van der Waals surface area contributed by atoms with Crippen LogP contribution in [0.2, 0.25) is 0 Å². The molecular formula is C122H85N9. The highest BCUT2D eigenvalue weighted by Gasteiger charge is 2.40. The van der Waals surface area contributed by atoms with Gasteiger partial charge in [-0.25, -0.2) is 44.4 Å². The molecule has 0 saturated carbocycles. The molecule has 0 N–H and O–H groups in total. The van der Waals surface area contributed by atoms with Crippen molar-refractivity contribution in [3.05, 3.63) is 474 Å². The maximum absolute atomic E-state index is 7.65. The van der Waals surface area contributed by atoms with Gasteiger partial charge in [-0.1, -0.05) is 387 Å². The SMILES string of the molecule is [C-]#[N+]c1ccc2c(c1)-c1c(-c3cccc(-c4cc(-c5ccccc5)nc(-c5ccc6ccccc6c5)n4)c3)cccc1C2(C)C.[C-]#[N+]c1ccc2c(c1)-c1c(-c3cccc(-c4cc(-c5ccccc5)nc(-c5cccc6ccccc56)n4)c3)cccc1C2(C)C.[C-]#[N+]c1ccc2c(c1)-c1c(-c3cccc(-c4cc(-c5ccccc5)nc(-c5ccccc5)n4)c3)cccc1C2(C)C. The van der Waals surface area contributed by atoms with Gasteiger partial charge in [0.1, 0.15) is 0 Å². The molecule has 0 radical (unpaired) electrons. The Balaban J connectivity index is 0.000000119. The molecule has 23 rings (SSSR count). The van der Waals surface area contributed by atoms with Gasteiger partial charge in [-0.3, -0.25) is 0 Å². The van der Waals surface area contributed by atoms with Gasteiger partial charge in [-0.05, 0) is 182 Å². The Morgan fingerprint density at radius 1 is 0.183 bits per heavy atom. The summed E-state index contributed by atoms with van der Waals surface area (Å²) in [6, 6.07) is 141. The van der Waals surface area contributed by atoms with Crippen LogP contribution in [-0.4, -0.2) is 29.9 Å². The standard InChI is InChI=1S/2C42H29N3.C38H27N3/c1-42(2)36-23-22-31(43-3)25-35(36)40-33(19-11-21-37(40)42)29-16-9-17-30(24-29)39-26-38(28-13-5-4-6-14-28)44-41(45-39)34-20-10-15-27-12-7-8-18-32(27)34;1-42(2)36-22-21-33(43-3)25-35(36)40-34(17-10-18-37(40)42)30-15-9-16-31(24-30)39-26-38(28-12-5-4-6-13-28)44-41(45-39)32-20-19-27-11-7-8-14-29(27)23-32;1-38(2)32-21-20-29(39-3)23-31(32)36-30(18-11-19-33(36)38)27-16-10-17-28(22-27)35-24-34(25-12-6-4-7-13-25)40-37(41-35)26-14-8-5-9-15-26/h2*4-26H,1-2H3;4-24H,1-2H3. The van der Waals surface area contributed by atoms with E-state index in [0.717, 1.165) is 145 Å². The first kappa shape index (κ1) is 81.0. The molecule has 3 aliphatic carbocycles. The Kier molecular flexibility index (Phi) is 20.7. The number of benzene rings is 17. The molecule has 0 aliphatic heterocycles. The molecule has 17 aromatic carbocycles. The smallest absolute Gasteiger partial charge is 0.187 e. The molecular weight excluding hydrogens is 1590 g/mol. The largest absolute Gasteiger partial charge is 0.238 e. The molecule has 3 aliphatic rings. The molecule has 3 heterocycles. The fraction of sp³-hybridized carbons (Fsp3) is 0.0738. The molecule has 3 aromatic heterocycles. The van der Waals surface area contributed by atoms with E-state index in [-0.39, 0.29) is 16.2 Å². The van der Waals surface area contributed by atoms with Gasteiger partial charge in [0.15, 0.2) is 34.5 Å². The molecule has 0 fully saturated rings. The van der Waals surface area contributed by atoms with Crippen molar-refractivity contribution < 1.29 is 0 Å². The lowest BCUT2D eigenvalue weighted by Crippen LogP contribution is -2.14. The maximum atomic E-state index is 7.65. The minimum Gasteiger partial charge on any atom is -0.238 e. The summed E-state index contributed by atoms with van der Waals surface area (Å²) in [6.45, 7) is 36.5. The summed E-state index contributed by atoms with van der Waals surface area (Å²) in [5.41, 5.74) is 37.7. The zero-order valence-electron chi connectivity index (χ0n) is 73.2. The van der Waals surface area contributed by atoms with Crippen molar-refractivity contribution >= 4 is 38.6 Å². The van der Waals surface area contributed by atoms with E-state index in [1.165, 1.54) is 61.0 Å². The van der Waals surface area contributed by atoms with Gasteiger partial charge in [-0.15, -0.1) is 0 Å². The summed E-state index contributed by atoms with van der Waals surface area (Å²) in [4.78, 5) is 41.7. The normalized spacial score (nSPS) is 12.8. The minimum atomic E-state index is -0.149. The monoisotopic (exact) mass is 1680 g/mol. The van der Waals surface area contributed by atoms with Crippen molar-refractivity contribution in [2.45, 2.75) is 57.8 Å². The third-order valence-corrected chi connectivity index (χ3v) is 26.3. The number of rotatable bonds is 12. The quantitative estimate of drug-likeness (QED) is 0.113. The van der Waals surface area contributed by atoms with Crippen molar-refractivity contribution in [3.63, 3.8) is 0 Å². The average Bonchev–Trinajstić information content (AvgIpc) is 1.58. The molecule has 0 unspecified atom stereocenters. The maximum Gasteiger partial charge on any atom is 0.187 e. The summed E-state index contributed by atoms with van der Waals surface area (Å²) < 4.78 is 0. The Hall–Kier alpha value is -17.0. The second kappa shape index (κ2) is 33.4. The predicted octanol–water partition coefficient (Wildman–Crippen LogP) is 32.3. The number of hydrogen-bond acceptors (Lipinski definition) is 6. The molecule has 618 valence electrons. The lowest BCUT2D eigenvalue weighted by atomic mass is 9.82. The van der Waals surface area contributed by atoms with E-state index in [9.17, 15) is 0 Å². The zero-order chi connectivity index (χ0) is 89.1. The van der Waals surface area contributed by atoms with Crippen molar-refractivity contribution in [2.24, 2.45) is 0 Å². The van der Waals surface area contributed by atoms with Gasteiger partial charge in [0, 0.05) is 66.3 Å². The fourth-order valence-electron chi connectivity index (χ4n) is 19.6. The van der Waals surface area contributed by atoms with Gasteiger partial charge in [0.25, 0.3) is 0 Å². The summed E-state index contributed by atoms with van der Waals surface area (Å²) >= 11 is 0. The first-order chi connectivity index (χ1) is 64.0. The fourth-order valence-corrected chi connectivity index (χ4v) is 19.6. The molecule has 0 atom stereocenters. The van der Waals surface area contributed by atoms with Crippen molar-refractivity contribution in [1.82, 2.24) is 29.9 Å². The third-order valence-electron chi connectivity index (χ3n) is 26.3. The van der Waals surface area contributed by atoms with Crippen molar-refractivity contribution in [3.8, 4) is 168 Å². The Labute approximate surface area is 763 Å². The Morgan fingerprint density at radius 2 is 0.473 bits per heavy atom. The number of hydrogen-bond donors (Lipinski definition) is 0. The van der Waals surface area contributed by atoms with Crippen LogP contribution < -0.4 is 0 Å². The van der Waals surface area contributed by atoms with E-state index in [2.05, 4.69) is 353 Å². The van der Waals surface area contributed by atoms with E-state index in [4.69, 9.17) is 49.6 Å². The topological polar surface area (TPSA) is 90.4 Å². The highest BCUT2D eigenvalue weighted by molar-refractivity contribution is 6.00. The molecule has 9 heteroatoms. The summed E-state index contributed by atoms with van der Waals surface area (Å²) in [6.07, 6.45) is 0. The molecule has 20 aromatic rings. The summed E-state index contributed by atoms with van der Waals surface area (Å²) in [7, 11) is 0. The molecule has 0 spiro atoms. The highest BCUT2D eigenvalue weighted by Crippen LogP contribution is 2.57. The Morgan fingerprint density at radius 3 is 0.863 bits per heavy atom. The lowest BCUT2D eigenvalue weighted by molar-refractivity contribution is 0.660. The van der Waals surface area contributed by atoms with Crippen LogP contribution in [0, 0.1) is 19.7 Å². The Bertz CT molecular complexity index is 8020. The molecule has 0 bridgehead atoms. The first-order valence-corrected chi connectivity index (χ1v) is 44.2. The summed E-state index contributed by atoms with van der Waals surface area (Å²) in [5.74, 6) is 2.11. The second-order valence-corrected chi connectivity index (χ2v) is 35.3. The van der Waals surface area contributed by atoms with Crippen LogP contribution in [0.1, 0.15) is 74.9 Å². The summed E-state index contributed by atoms with van der Waals surface area (Å²) in [5, 5.41) is 4.64. The van der Waals surface area contributed by atoms with Crippen molar-refractivity contribution in [2.75, 3.05) is 0 Å². The minimum absolute atomic E-state index is 0.138. The molecule has 0 saturated heterocycles. The van der Waals surface area contributed by atoms with Crippen LogP contribution in [0.25, 0.3) is 205 Å². The third kappa shape index (κ3) is 15.0. The lowest BCUT2D eigenvalue weighted by Gasteiger charge is -2.21. The number of nitrogens with zero attached hydrogens (tertiary/aromatic N) is 9. The van der Waals surface area contributed by atoms with E-state index in [1.54, 1.807) is 0 Å². The van der Waals surface area contributed by atoms with E-state index >= 15 is 0 Å². The zero-order valence-corrected chi connectivity index (χ0v) is 73.2. The highest BCUT2D eigenvalue weighted by atomic mass is 14.9. The molecule has 0 amide bonds. The number of fused-ring (bicyclic) bond motifs is 11. The van der Waals surface area contributed by atoms with Crippen LogP contribution in [0.4, 0.5) is 17.1 Å².